The van der Waals surface area contributed by atoms with Crippen LogP contribution in [0.5, 0.6) is 0 Å². The number of amides is 1. The number of anilines is 2. The molecule has 1 heterocycles. The minimum atomic E-state index is -4.54. The van der Waals surface area contributed by atoms with Gasteiger partial charge in [0.15, 0.2) is 0 Å². The van der Waals surface area contributed by atoms with Gasteiger partial charge in [-0.2, -0.15) is 13.2 Å². The molecule has 2 rings (SSSR count). The Morgan fingerprint density at radius 2 is 1.96 bits per heavy atom. The van der Waals surface area contributed by atoms with Crippen LogP contribution in [-0.2, 0) is 6.18 Å². The molecule has 4 nitrogen and oxygen atoms in total. The normalized spacial score (nSPS) is 11.5. The number of halogens is 3. The van der Waals surface area contributed by atoms with Gasteiger partial charge in [-0.25, -0.2) is 4.98 Å². The van der Waals surface area contributed by atoms with E-state index in [2.05, 4.69) is 15.6 Å². The number of hydrogen-bond acceptors (Lipinski definition) is 4. The Morgan fingerprint density at radius 3 is 2.58 bits per heavy atom. The van der Waals surface area contributed by atoms with E-state index in [1.807, 2.05) is 26.8 Å². The molecule has 0 saturated carbocycles. The quantitative estimate of drug-likeness (QED) is 0.666. The monoisotopic (exact) mass is 383 g/mol. The van der Waals surface area contributed by atoms with Gasteiger partial charge in [0.2, 0.25) is 0 Å². The van der Waals surface area contributed by atoms with Crippen molar-refractivity contribution in [2.45, 2.75) is 37.9 Å². The lowest BCUT2D eigenvalue weighted by atomic mass is 10.2. The second-order valence-electron chi connectivity index (χ2n) is 5.80. The number of alkyl halides is 3. The molecule has 0 radical (unpaired) electrons. The van der Waals surface area contributed by atoms with Crippen molar-refractivity contribution in [3.63, 3.8) is 0 Å². The Labute approximate surface area is 154 Å². The molecule has 26 heavy (non-hydrogen) atoms. The van der Waals surface area contributed by atoms with E-state index in [0.29, 0.717) is 5.56 Å². The lowest BCUT2D eigenvalue weighted by molar-refractivity contribution is -0.137. The largest absolute Gasteiger partial charge is 0.417 e. The molecule has 2 aromatic rings. The van der Waals surface area contributed by atoms with E-state index in [4.69, 9.17) is 0 Å². The van der Waals surface area contributed by atoms with Crippen LogP contribution in [-0.4, -0.2) is 22.7 Å². The van der Waals surface area contributed by atoms with Crippen molar-refractivity contribution in [3.8, 4) is 0 Å². The van der Waals surface area contributed by atoms with Crippen LogP contribution < -0.4 is 10.6 Å². The maximum atomic E-state index is 13.0. The molecule has 2 N–H and O–H groups in total. The fraction of sp³-hybridized carbons (Fsp3) is 0.333. The highest BCUT2D eigenvalue weighted by atomic mass is 32.2. The molecule has 0 bridgehead atoms. The van der Waals surface area contributed by atoms with Gasteiger partial charge in [0.25, 0.3) is 5.91 Å². The van der Waals surface area contributed by atoms with Crippen molar-refractivity contribution in [3.05, 3.63) is 47.7 Å². The summed E-state index contributed by atoms with van der Waals surface area (Å²) in [4.78, 5) is 17.3. The summed E-state index contributed by atoms with van der Waals surface area (Å²) in [5.41, 5.74) is -0.514. The van der Waals surface area contributed by atoms with E-state index in [9.17, 15) is 18.0 Å². The Bertz CT molecular complexity index is 779. The smallest absolute Gasteiger partial charge is 0.366 e. The number of aromatic nitrogens is 1. The van der Waals surface area contributed by atoms with Crippen LogP contribution in [0.2, 0.25) is 0 Å². The first-order chi connectivity index (χ1) is 12.2. The van der Waals surface area contributed by atoms with Gasteiger partial charge >= 0.3 is 6.18 Å². The number of carbonyl (C=O) groups excluding carboxylic acids is 1. The third-order valence-corrected chi connectivity index (χ3v) is 4.28. The van der Waals surface area contributed by atoms with Crippen LogP contribution in [0.15, 0.2) is 41.4 Å². The first-order valence-electron chi connectivity index (χ1n) is 8.09. The number of hydrogen-bond donors (Lipinski definition) is 2. The summed E-state index contributed by atoms with van der Waals surface area (Å²) in [6.45, 7) is 5.62. The number of thioether (sulfide) groups is 1. The molecule has 0 saturated heterocycles. The molecule has 0 atom stereocenters. The summed E-state index contributed by atoms with van der Waals surface area (Å²) in [5.74, 6) is 0.492. The van der Waals surface area contributed by atoms with Gasteiger partial charge in [0, 0.05) is 17.1 Å². The average molecular weight is 383 g/mol. The zero-order chi connectivity index (χ0) is 19.3. The molecule has 8 heteroatoms. The number of pyridine rings is 1. The van der Waals surface area contributed by atoms with Crippen molar-refractivity contribution >= 4 is 29.2 Å². The van der Waals surface area contributed by atoms with Crippen LogP contribution in [0.1, 0.15) is 36.7 Å². The molecular weight excluding hydrogens is 363 g/mol. The van der Waals surface area contributed by atoms with E-state index >= 15 is 0 Å². The van der Waals surface area contributed by atoms with Crippen LogP contribution in [0.3, 0.4) is 0 Å². The lowest BCUT2D eigenvalue weighted by Gasteiger charge is -2.17. The molecule has 0 spiro atoms. The average Bonchev–Trinajstić information content (AvgIpc) is 2.55. The van der Waals surface area contributed by atoms with Gasteiger partial charge in [-0.3, -0.25) is 4.79 Å². The van der Waals surface area contributed by atoms with Crippen molar-refractivity contribution < 1.29 is 18.0 Å². The van der Waals surface area contributed by atoms with Crippen molar-refractivity contribution in [2.24, 2.45) is 0 Å². The summed E-state index contributed by atoms with van der Waals surface area (Å²) in [5, 5.41) is 5.52. The molecule has 140 valence electrons. The SMILES string of the molecule is CCSc1ccccc1C(=O)Nc1cc(C(F)(F)F)cnc1NC(C)C. The summed E-state index contributed by atoms with van der Waals surface area (Å²) in [7, 11) is 0. The molecule has 1 amide bonds. The molecule has 0 aliphatic carbocycles. The highest BCUT2D eigenvalue weighted by Crippen LogP contribution is 2.33. The Hall–Kier alpha value is -2.22. The zero-order valence-electron chi connectivity index (χ0n) is 14.6. The summed E-state index contributed by atoms with van der Waals surface area (Å²) in [6.07, 6.45) is -3.79. The molecule has 0 aliphatic heterocycles. The van der Waals surface area contributed by atoms with Crippen LogP contribution in [0.4, 0.5) is 24.7 Å². The number of nitrogens with zero attached hydrogens (tertiary/aromatic N) is 1. The van der Waals surface area contributed by atoms with Crippen molar-refractivity contribution in [2.75, 3.05) is 16.4 Å². The number of nitrogens with one attached hydrogen (secondary N) is 2. The van der Waals surface area contributed by atoms with Gasteiger partial charge in [-0.15, -0.1) is 11.8 Å². The fourth-order valence-electron chi connectivity index (χ4n) is 2.23. The molecular formula is C18H20F3N3OS. The Morgan fingerprint density at radius 1 is 1.27 bits per heavy atom. The second kappa shape index (κ2) is 8.44. The Balaban J connectivity index is 2.38. The van der Waals surface area contributed by atoms with Gasteiger partial charge in [0.1, 0.15) is 5.82 Å². The third-order valence-electron chi connectivity index (χ3n) is 3.32. The highest BCUT2D eigenvalue weighted by Gasteiger charge is 2.32. The predicted octanol–water partition coefficient (Wildman–Crippen LogP) is 5.29. The van der Waals surface area contributed by atoms with E-state index < -0.39 is 17.6 Å². The maximum Gasteiger partial charge on any atom is 0.417 e. The molecule has 1 aromatic carbocycles. The fourth-order valence-corrected chi connectivity index (χ4v) is 3.03. The Kier molecular flexibility index (Phi) is 6.52. The van der Waals surface area contributed by atoms with Crippen LogP contribution in [0.25, 0.3) is 0 Å². The topological polar surface area (TPSA) is 54.0 Å². The van der Waals surface area contributed by atoms with Gasteiger partial charge in [0.05, 0.1) is 16.8 Å². The number of carbonyl (C=O) groups is 1. The molecule has 1 aromatic heterocycles. The maximum absolute atomic E-state index is 13.0. The second-order valence-corrected chi connectivity index (χ2v) is 7.11. The van der Waals surface area contributed by atoms with E-state index in [1.54, 1.807) is 18.2 Å². The lowest BCUT2D eigenvalue weighted by Crippen LogP contribution is -2.19. The first-order valence-corrected chi connectivity index (χ1v) is 9.08. The van der Waals surface area contributed by atoms with E-state index in [-0.39, 0.29) is 17.5 Å². The zero-order valence-corrected chi connectivity index (χ0v) is 15.5. The van der Waals surface area contributed by atoms with Crippen molar-refractivity contribution in [1.82, 2.24) is 4.98 Å². The highest BCUT2D eigenvalue weighted by molar-refractivity contribution is 7.99. The van der Waals surface area contributed by atoms with Gasteiger partial charge in [-0.05, 0) is 37.8 Å². The van der Waals surface area contributed by atoms with Crippen LogP contribution >= 0.6 is 11.8 Å². The minimum absolute atomic E-state index is 0.00479. The van der Waals surface area contributed by atoms with Crippen LogP contribution in [0, 0.1) is 0 Å². The van der Waals surface area contributed by atoms with Gasteiger partial charge < -0.3 is 10.6 Å². The summed E-state index contributed by atoms with van der Waals surface area (Å²) < 4.78 is 39.0. The molecule has 0 unspecified atom stereocenters. The van der Waals surface area contributed by atoms with E-state index in [1.165, 1.54) is 11.8 Å². The standard InChI is InChI=1S/C18H20F3N3OS/c1-4-26-15-8-6-5-7-13(15)17(25)24-14-9-12(18(19,20)21)10-22-16(14)23-11(2)3/h5-11H,4H2,1-3H3,(H,22,23)(H,24,25). The molecule has 0 aliphatic rings. The van der Waals surface area contributed by atoms with Crippen molar-refractivity contribution in [1.29, 1.82) is 0 Å². The number of rotatable bonds is 6. The van der Waals surface area contributed by atoms with Gasteiger partial charge in [-0.1, -0.05) is 19.1 Å². The predicted molar refractivity (Wildman–Crippen MR) is 98.8 cm³/mol. The third kappa shape index (κ3) is 5.14. The minimum Gasteiger partial charge on any atom is -0.366 e. The van der Waals surface area contributed by atoms with E-state index in [0.717, 1.165) is 22.9 Å². The first kappa shape index (κ1) is 20.1. The molecule has 0 fully saturated rings. The number of benzene rings is 1. The summed E-state index contributed by atoms with van der Waals surface area (Å²) >= 11 is 1.49. The summed E-state index contributed by atoms with van der Waals surface area (Å²) in [6, 6.07) is 7.81.